The largest absolute Gasteiger partial charge is 1.00 e. The summed E-state index contributed by atoms with van der Waals surface area (Å²) in [5, 5.41) is 0. The van der Waals surface area contributed by atoms with E-state index in [1.54, 1.807) is 0 Å². The Balaban J connectivity index is 0.00000242. The van der Waals surface area contributed by atoms with Gasteiger partial charge in [-0.1, -0.05) is 66.7 Å². The van der Waals surface area contributed by atoms with Gasteiger partial charge in [0.25, 0.3) is 0 Å². The Morgan fingerprint density at radius 1 is 0.818 bits per heavy atom. The Morgan fingerprint density at radius 2 is 1.27 bits per heavy atom. The van der Waals surface area contributed by atoms with Crippen LogP contribution in [0.5, 0.6) is 0 Å². The van der Waals surface area contributed by atoms with Crippen molar-refractivity contribution in [1.29, 1.82) is 0 Å². The number of benzene rings is 2. The van der Waals surface area contributed by atoms with Gasteiger partial charge in [0.15, 0.2) is 0 Å². The number of quaternary nitrogens is 1. The highest BCUT2D eigenvalue weighted by molar-refractivity contribution is 5.79. The molecule has 0 fully saturated rings. The van der Waals surface area contributed by atoms with E-state index < -0.39 is 0 Å². The highest BCUT2D eigenvalue weighted by atomic mass is 127. The van der Waals surface area contributed by atoms with Crippen LogP contribution in [0.3, 0.4) is 0 Å². The van der Waals surface area contributed by atoms with Crippen LogP contribution < -0.4 is 24.0 Å². The Hall–Kier alpha value is -1.13. The van der Waals surface area contributed by atoms with Gasteiger partial charge in [-0.3, -0.25) is 0 Å². The summed E-state index contributed by atoms with van der Waals surface area (Å²) in [4.78, 5) is 0. The van der Waals surface area contributed by atoms with Gasteiger partial charge in [0, 0.05) is 6.42 Å². The second-order valence-electron chi connectivity index (χ2n) is 6.51. The fraction of sp³-hybridized carbons (Fsp3) is 0.300. The molecule has 0 saturated heterocycles. The predicted molar refractivity (Wildman–Crippen MR) is 92.1 cm³/mol. The average Bonchev–Trinajstić information content (AvgIpc) is 2.48. The molecule has 0 saturated carbocycles. The highest BCUT2D eigenvalue weighted by Crippen LogP contribution is 2.24. The lowest BCUT2D eigenvalue weighted by atomic mass is 9.96. The number of unbranched alkanes of at least 4 members (excludes halogenated alkanes) is 1. The summed E-state index contributed by atoms with van der Waals surface area (Å²) < 4.78 is 1.03. The quantitative estimate of drug-likeness (QED) is 0.388. The first kappa shape index (κ1) is 18.9. The van der Waals surface area contributed by atoms with Crippen molar-refractivity contribution in [2.75, 3.05) is 27.7 Å². The van der Waals surface area contributed by atoms with Crippen LogP contribution in [0.25, 0.3) is 5.57 Å². The highest BCUT2D eigenvalue weighted by Gasteiger charge is 2.07. The maximum atomic E-state index is 2.39. The van der Waals surface area contributed by atoms with Crippen LogP contribution >= 0.6 is 0 Å². The average molecular weight is 407 g/mol. The molecule has 1 nitrogen and oxygen atoms in total. The molecule has 2 aromatic rings. The van der Waals surface area contributed by atoms with Crippen molar-refractivity contribution in [3.05, 3.63) is 77.9 Å². The van der Waals surface area contributed by atoms with Gasteiger partial charge in [-0.25, -0.2) is 0 Å². The molecule has 2 aromatic carbocycles. The molecular weight excluding hydrogens is 381 g/mol. The summed E-state index contributed by atoms with van der Waals surface area (Å²) in [6, 6.07) is 21.4. The number of hydrogen-bond acceptors (Lipinski definition) is 0. The van der Waals surface area contributed by atoms with Gasteiger partial charge >= 0.3 is 0 Å². The monoisotopic (exact) mass is 407 g/mol. The molecule has 0 bridgehead atoms. The maximum Gasteiger partial charge on any atom is 0.0783 e. The fourth-order valence-electron chi connectivity index (χ4n) is 2.45. The van der Waals surface area contributed by atoms with Crippen LogP contribution in [0, 0.1) is 0 Å². The molecule has 0 atom stereocenters. The topological polar surface area (TPSA) is 0 Å². The molecule has 0 spiro atoms. The van der Waals surface area contributed by atoms with Crippen molar-refractivity contribution in [3.8, 4) is 0 Å². The third-order valence-electron chi connectivity index (χ3n) is 3.55. The summed E-state index contributed by atoms with van der Waals surface area (Å²) in [5.41, 5.74) is 3.94. The third-order valence-corrected chi connectivity index (χ3v) is 3.55. The lowest BCUT2D eigenvalue weighted by Gasteiger charge is -2.23. The molecule has 0 radical (unpaired) electrons. The van der Waals surface area contributed by atoms with E-state index >= 15 is 0 Å². The van der Waals surface area contributed by atoms with Crippen LogP contribution in [-0.4, -0.2) is 32.2 Å². The van der Waals surface area contributed by atoms with Crippen LogP contribution in [-0.2, 0) is 0 Å². The van der Waals surface area contributed by atoms with Gasteiger partial charge in [-0.15, -0.1) is 0 Å². The zero-order valence-electron chi connectivity index (χ0n) is 13.8. The zero-order chi connectivity index (χ0) is 15.1. The Morgan fingerprint density at radius 3 is 1.68 bits per heavy atom. The van der Waals surface area contributed by atoms with Crippen molar-refractivity contribution in [2.24, 2.45) is 0 Å². The molecule has 2 heteroatoms. The molecule has 0 aliphatic rings. The van der Waals surface area contributed by atoms with Crippen LogP contribution in [0.15, 0.2) is 66.7 Å². The summed E-state index contributed by atoms with van der Waals surface area (Å²) in [6.45, 7) is 1.20. The second kappa shape index (κ2) is 9.11. The minimum absolute atomic E-state index is 0. The van der Waals surface area contributed by atoms with E-state index in [1.807, 2.05) is 0 Å². The lowest BCUT2D eigenvalue weighted by Crippen LogP contribution is -3.00. The molecule has 22 heavy (non-hydrogen) atoms. The molecule has 0 aromatic heterocycles. The second-order valence-corrected chi connectivity index (χ2v) is 6.51. The molecule has 0 aliphatic heterocycles. The molecular formula is C20H26IN. The maximum absolute atomic E-state index is 2.39. The van der Waals surface area contributed by atoms with Crippen molar-refractivity contribution < 1.29 is 28.5 Å². The van der Waals surface area contributed by atoms with E-state index in [2.05, 4.69) is 87.9 Å². The van der Waals surface area contributed by atoms with Crippen molar-refractivity contribution in [2.45, 2.75) is 12.8 Å². The Labute approximate surface area is 152 Å². The molecule has 0 unspecified atom stereocenters. The standard InChI is InChI=1S/C20H26N.HI/c1-21(2,3)17-11-10-16-20(18-12-6-4-7-13-18)19-14-8-5-9-15-19;/h4-9,12-16H,10-11,17H2,1-3H3;1H/q+1;/p-1. The molecule has 0 N–H and O–H groups in total. The van der Waals surface area contributed by atoms with Gasteiger partial charge < -0.3 is 28.5 Å². The van der Waals surface area contributed by atoms with Gasteiger partial charge in [0.2, 0.25) is 0 Å². The van der Waals surface area contributed by atoms with Gasteiger partial charge in [-0.05, 0) is 23.1 Å². The normalized spacial score (nSPS) is 10.7. The van der Waals surface area contributed by atoms with Crippen molar-refractivity contribution >= 4 is 5.57 Å². The minimum atomic E-state index is 0. The van der Waals surface area contributed by atoms with E-state index in [0.717, 1.165) is 10.9 Å². The fourth-order valence-corrected chi connectivity index (χ4v) is 2.45. The number of allylic oxidation sites excluding steroid dienone is 1. The first-order valence-corrected chi connectivity index (χ1v) is 7.68. The smallest absolute Gasteiger partial charge is 0.0783 e. The first-order chi connectivity index (χ1) is 10.1. The lowest BCUT2D eigenvalue weighted by molar-refractivity contribution is -0.870. The zero-order valence-corrected chi connectivity index (χ0v) is 16.0. The molecule has 0 aliphatic carbocycles. The summed E-state index contributed by atoms with van der Waals surface area (Å²) in [5.74, 6) is 0. The van der Waals surface area contributed by atoms with Crippen LogP contribution in [0.4, 0.5) is 0 Å². The van der Waals surface area contributed by atoms with Crippen LogP contribution in [0.1, 0.15) is 24.0 Å². The number of nitrogens with zero attached hydrogens (tertiary/aromatic N) is 1. The third kappa shape index (κ3) is 6.32. The summed E-state index contributed by atoms with van der Waals surface area (Å²) in [7, 11) is 6.75. The Kier molecular flexibility index (Phi) is 7.83. The summed E-state index contributed by atoms with van der Waals surface area (Å²) in [6.07, 6.45) is 4.72. The molecule has 2 rings (SSSR count). The van der Waals surface area contributed by atoms with Gasteiger partial charge in [0.05, 0.1) is 27.7 Å². The SMILES string of the molecule is C[N+](C)(C)CCCC=C(c1ccccc1)c1ccccc1.[I-]. The van der Waals surface area contributed by atoms with Gasteiger partial charge in [0.1, 0.15) is 0 Å². The number of rotatable bonds is 6. The van der Waals surface area contributed by atoms with Crippen molar-refractivity contribution in [3.63, 3.8) is 0 Å². The summed E-state index contributed by atoms with van der Waals surface area (Å²) >= 11 is 0. The van der Waals surface area contributed by atoms with E-state index in [9.17, 15) is 0 Å². The van der Waals surface area contributed by atoms with Crippen LogP contribution in [0.2, 0.25) is 0 Å². The van der Waals surface area contributed by atoms with E-state index in [4.69, 9.17) is 0 Å². The molecule has 0 amide bonds. The van der Waals surface area contributed by atoms with E-state index in [0.29, 0.717) is 0 Å². The first-order valence-electron chi connectivity index (χ1n) is 7.68. The van der Waals surface area contributed by atoms with E-state index in [1.165, 1.54) is 29.7 Å². The van der Waals surface area contributed by atoms with Crippen molar-refractivity contribution in [1.82, 2.24) is 0 Å². The number of halogens is 1. The number of hydrogen-bond donors (Lipinski definition) is 0. The predicted octanol–water partition coefficient (Wildman–Crippen LogP) is 1.61. The Bertz CT molecular complexity index is 526. The minimum Gasteiger partial charge on any atom is -1.00 e. The molecule has 118 valence electrons. The molecule has 0 heterocycles. The van der Waals surface area contributed by atoms with E-state index in [-0.39, 0.29) is 24.0 Å². The van der Waals surface area contributed by atoms with Gasteiger partial charge in [-0.2, -0.15) is 0 Å².